The first-order chi connectivity index (χ1) is 14.7. The van der Waals surface area contributed by atoms with E-state index in [-0.39, 0.29) is 5.91 Å². The van der Waals surface area contributed by atoms with Crippen molar-refractivity contribution in [3.8, 4) is 5.75 Å². The molecule has 2 heterocycles. The molecule has 4 rings (SSSR count). The molecular formula is C26H30N2O2. The van der Waals surface area contributed by atoms with E-state index in [0.717, 1.165) is 53.3 Å². The van der Waals surface area contributed by atoms with Crippen LogP contribution in [0.2, 0.25) is 0 Å². The van der Waals surface area contributed by atoms with Crippen molar-refractivity contribution in [1.82, 2.24) is 10.2 Å². The summed E-state index contributed by atoms with van der Waals surface area (Å²) in [5.74, 6) is 0.805. The highest BCUT2D eigenvalue weighted by Gasteiger charge is 2.25. The number of amides is 1. The molecule has 4 heteroatoms. The maximum atomic E-state index is 12.6. The molecule has 0 bridgehead atoms. The summed E-state index contributed by atoms with van der Waals surface area (Å²) in [6, 6.07) is 17.9. The Balaban J connectivity index is 1.37. The van der Waals surface area contributed by atoms with E-state index in [4.69, 9.17) is 4.74 Å². The number of piperidine rings is 1. The lowest BCUT2D eigenvalue weighted by atomic mass is 10.0. The van der Waals surface area contributed by atoms with Crippen LogP contribution < -0.4 is 10.1 Å². The van der Waals surface area contributed by atoms with Gasteiger partial charge in [-0.3, -0.25) is 4.79 Å². The van der Waals surface area contributed by atoms with E-state index in [1.807, 2.05) is 67.6 Å². The highest BCUT2D eigenvalue weighted by atomic mass is 16.5. The van der Waals surface area contributed by atoms with Crippen molar-refractivity contribution in [1.29, 1.82) is 0 Å². The summed E-state index contributed by atoms with van der Waals surface area (Å²) in [6.07, 6.45) is 7.08. The number of hydrogen-bond donors (Lipinski definition) is 1. The third-order valence-corrected chi connectivity index (χ3v) is 5.84. The van der Waals surface area contributed by atoms with E-state index in [1.54, 1.807) is 0 Å². The van der Waals surface area contributed by atoms with Crippen LogP contribution in [0.4, 0.5) is 0 Å². The van der Waals surface area contributed by atoms with E-state index in [0.29, 0.717) is 0 Å². The molecule has 1 saturated heterocycles. The number of ether oxygens (including phenoxy) is 1. The Morgan fingerprint density at radius 2 is 1.73 bits per heavy atom. The molecule has 2 aromatic rings. The lowest BCUT2D eigenvalue weighted by molar-refractivity contribution is -0.114. The molecule has 2 aliphatic rings. The van der Waals surface area contributed by atoms with Crippen molar-refractivity contribution >= 4 is 17.6 Å². The maximum Gasteiger partial charge on any atom is 0.256 e. The molecular weight excluding hydrogens is 372 g/mol. The van der Waals surface area contributed by atoms with Gasteiger partial charge in [0.25, 0.3) is 5.91 Å². The van der Waals surface area contributed by atoms with Gasteiger partial charge in [-0.25, -0.2) is 0 Å². The molecule has 0 radical (unpaired) electrons. The number of hydrogen-bond acceptors (Lipinski definition) is 3. The molecule has 0 spiro atoms. The largest absolute Gasteiger partial charge is 0.494 e. The fourth-order valence-electron chi connectivity index (χ4n) is 4.17. The Morgan fingerprint density at radius 1 is 1.00 bits per heavy atom. The Labute approximate surface area is 179 Å². The predicted octanol–water partition coefficient (Wildman–Crippen LogP) is 4.89. The van der Waals surface area contributed by atoms with E-state index < -0.39 is 0 Å². The molecule has 0 saturated carbocycles. The fourth-order valence-corrected chi connectivity index (χ4v) is 4.17. The number of carbonyl (C=O) groups excluding carboxylic acids is 1. The lowest BCUT2D eigenvalue weighted by Gasteiger charge is -2.26. The predicted molar refractivity (Wildman–Crippen MR) is 122 cm³/mol. The first-order valence-corrected chi connectivity index (χ1v) is 11.0. The SMILES string of the molecule is CC1=C(c2ccc(OCCCN3CCCCC3)cc2)C(=O)N/C1=C\c1ccccc1. The summed E-state index contributed by atoms with van der Waals surface area (Å²) in [4.78, 5) is 15.1. The number of benzene rings is 2. The minimum atomic E-state index is -0.0510. The van der Waals surface area contributed by atoms with Gasteiger partial charge >= 0.3 is 0 Å². The third kappa shape index (κ3) is 5.00. The second kappa shape index (κ2) is 9.77. The molecule has 156 valence electrons. The average molecular weight is 403 g/mol. The van der Waals surface area contributed by atoms with Crippen LogP contribution in [0, 0.1) is 0 Å². The summed E-state index contributed by atoms with van der Waals surface area (Å²) >= 11 is 0. The molecule has 30 heavy (non-hydrogen) atoms. The molecule has 0 unspecified atom stereocenters. The molecule has 0 aliphatic carbocycles. The summed E-state index contributed by atoms with van der Waals surface area (Å²) in [5.41, 5.74) is 4.55. The molecule has 1 fully saturated rings. The molecule has 4 nitrogen and oxygen atoms in total. The number of nitrogens with one attached hydrogen (secondary N) is 1. The van der Waals surface area contributed by atoms with Gasteiger partial charge in [0.2, 0.25) is 0 Å². The van der Waals surface area contributed by atoms with Gasteiger partial charge in [0.05, 0.1) is 12.2 Å². The van der Waals surface area contributed by atoms with Crippen molar-refractivity contribution in [3.05, 3.63) is 77.0 Å². The van der Waals surface area contributed by atoms with Gasteiger partial charge in [-0.1, -0.05) is 48.9 Å². The van der Waals surface area contributed by atoms with Crippen LogP contribution >= 0.6 is 0 Å². The van der Waals surface area contributed by atoms with Crippen LogP contribution in [-0.2, 0) is 4.79 Å². The average Bonchev–Trinajstić information content (AvgIpc) is 3.06. The molecule has 2 aliphatic heterocycles. The van der Waals surface area contributed by atoms with Crippen LogP contribution in [0.3, 0.4) is 0 Å². The van der Waals surface area contributed by atoms with Crippen molar-refractivity contribution in [2.75, 3.05) is 26.2 Å². The van der Waals surface area contributed by atoms with Crippen LogP contribution in [0.25, 0.3) is 11.6 Å². The highest BCUT2D eigenvalue weighted by molar-refractivity contribution is 6.25. The van der Waals surface area contributed by atoms with Crippen LogP contribution in [0.1, 0.15) is 43.7 Å². The van der Waals surface area contributed by atoms with E-state index in [1.165, 1.54) is 32.4 Å². The molecule has 0 aromatic heterocycles. The van der Waals surface area contributed by atoms with Crippen LogP contribution in [0.15, 0.2) is 65.9 Å². The number of allylic oxidation sites excluding steroid dienone is 1. The van der Waals surface area contributed by atoms with Crippen molar-refractivity contribution in [3.63, 3.8) is 0 Å². The second-order valence-corrected chi connectivity index (χ2v) is 8.05. The van der Waals surface area contributed by atoms with Gasteiger partial charge < -0.3 is 15.0 Å². The molecule has 0 atom stereocenters. The minimum absolute atomic E-state index is 0.0510. The van der Waals surface area contributed by atoms with Gasteiger partial charge in [-0.05, 0) is 74.2 Å². The van der Waals surface area contributed by atoms with Crippen molar-refractivity contribution in [2.24, 2.45) is 0 Å². The summed E-state index contributed by atoms with van der Waals surface area (Å²) < 4.78 is 5.91. The van der Waals surface area contributed by atoms with Crippen molar-refractivity contribution < 1.29 is 9.53 Å². The zero-order valence-corrected chi connectivity index (χ0v) is 17.7. The number of nitrogens with zero attached hydrogens (tertiary/aromatic N) is 1. The molecule has 1 amide bonds. The standard InChI is InChI=1S/C26H30N2O2/c1-20-24(19-21-9-4-2-5-10-21)27-26(29)25(20)22-11-13-23(14-12-22)30-18-8-17-28-15-6-3-7-16-28/h2,4-5,9-14,19H,3,6-8,15-18H2,1H3,(H,27,29)/b24-19-. The second-order valence-electron chi connectivity index (χ2n) is 8.05. The van der Waals surface area contributed by atoms with Gasteiger partial charge in [0.15, 0.2) is 0 Å². The third-order valence-electron chi connectivity index (χ3n) is 5.84. The number of rotatable bonds is 7. The Morgan fingerprint density at radius 3 is 2.47 bits per heavy atom. The normalized spacial score (nSPS) is 18.7. The highest BCUT2D eigenvalue weighted by Crippen LogP contribution is 2.30. The van der Waals surface area contributed by atoms with E-state index >= 15 is 0 Å². The van der Waals surface area contributed by atoms with Crippen LogP contribution in [-0.4, -0.2) is 37.0 Å². The minimum Gasteiger partial charge on any atom is -0.494 e. The monoisotopic (exact) mass is 402 g/mol. The number of likely N-dealkylation sites (tertiary alicyclic amines) is 1. The Bertz CT molecular complexity index is 923. The quantitative estimate of drug-likeness (QED) is 0.671. The van der Waals surface area contributed by atoms with Crippen LogP contribution in [0.5, 0.6) is 5.75 Å². The smallest absolute Gasteiger partial charge is 0.256 e. The summed E-state index contributed by atoms with van der Waals surface area (Å²) in [6.45, 7) is 6.29. The summed E-state index contributed by atoms with van der Waals surface area (Å²) in [7, 11) is 0. The topological polar surface area (TPSA) is 41.6 Å². The van der Waals surface area contributed by atoms with Gasteiger partial charge in [0, 0.05) is 12.2 Å². The number of carbonyl (C=O) groups is 1. The first kappa shape index (κ1) is 20.4. The molecule has 1 N–H and O–H groups in total. The maximum absolute atomic E-state index is 12.6. The van der Waals surface area contributed by atoms with E-state index in [9.17, 15) is 4.79 Å². The fraction of sp³-hybridized carbons (Fsp3) is 0.346. The molecule has 2 aromatic carbocycles. The van der Waals surface area contributed by atoms with Crippen molar-refractivity contribution in [2.45, 2.75) is 32.6 Å². The van der Waals surface area contributed by atoms with Gasteiger partial charge in [0.1, 0.15) is 5.75 Å². The first-order valence-electron chi connectivity index (χ1n) is 11.0. The van der Waals surface area contributed by atoms with E-state index in [2.05, 4.69) is 10.2 Å². The summed E-state index contributed by atoms with van der Waals surface area (Å²) in [5, 5.41) is 3.00. The lowest BCUT2D eigenvalue weighted by Crippen LogP contribution is -2.31. The Kier molecular flexibility index (Phi) is 6.65. The Hall–Kier alpha value is -2.85. The van der Waals surface area contributed by atoms with Gasteiger partial charge in [-0.2, -0.15) is 0 Å². The zero-order chi connectivity index (χ0) is 20.8. The zero-order valence-electron chi connectivity index (χ0n) is 17.7. The van der Waals surface area contributed by atoms with Gasteiger partial charge in [-0.15, -0.1) is 0 Å².